The van der Waals surface area contributed by atoms with E-state index in [-0.39, 0.29) is 11.9 Å². The van der Waals surface area contributed by atoms with E-state index in [1.807, 2.05) is 18.2 Å². The van der Waals surface area contributed by atoms with Gasteiger partial charge in [-0.3, -0.25) is 4.79 Å². The van der Waals surface area contributed by atoms with Gasteiger partial charge in [-0.05, 0) is 38.5 Å². The Morgan fingerprint density at radius 2 is 2.26 bits per heavy atom. The van der Waals surface area contributed by atoms with Gasteiger partial charge in [-0.2, -0.15) is 0 Å². The number of nitrogen functional groups attached to an aromatic ring is 1. The van der Waals surface area contributed by atoms with Crippen molar-refractivity contribution < 1.29 is 9.53 Å². The largest absolute Gasteiger partial charge is 0.398 e. The maximum Gasteiger partial charge on any atom is 0.161 e. The normalized spacial score (nSPS) is 23.4. The molecule has 2 atom stereocenters. The summed E-state index contributed by atoms with van der Waals surface area (Å²) in [5, 5.41) is 0. The zero-order chi connectivity index (χ0) is 14.0. The minimum atomic E-state index is 0.00596. The predicted molar refractivity (Wildman–Crippen MR) is 77.7 cm³/mol. The number of anilines is 2. The molecule has 2 rings (SSSR count). The molecule has 0 aromatic heterocycles. The summed E-state index contributed by atoms with van der Waals surface area (Å²) in [4.78, 5) is 13.7. The molecule has 1 aromatic carbocycles. The molecule has 19 heavy (non-hydrogen) atoms. The molecule has 4 nitrogen and oxygen atoms in total. The molecular weight excluding hydrogens is 240 g/mol. The second-order valence-electron chi connectivity index (χ2n) is 5.19. The Hall–Kier alpha value is -1.55. The van der Waals surface area contributed by atoms with Crippen molar-refractivity contribution in [1.82, 2.24) is 0 Å². The quantitative estimate of drug-likeness (QED) is 0.671. The number of morpholine rings is 1. The van der Waals surface area contributed by atoms with Crippen molar-refractivity contribution >= 4 is 17.2 Å². The van der Waals surface area contributed by atoms with E-state index >= 15 is 0 Å². The van der Waals surface area contributed by atoms with Gasteiger partial charge in [-0.15, -0.1) is 0 Å². The van der Waals surface area contributed by atoms with Crippen LogP contribution in [0.25, 0.3) is 0 Å². The Morgan fingerprint density at radius 3 is 2.84 bits per heavy atom. The van der Waals surface area contributed by atoms with Gasteiger partial charge in [0.1, 0.15) is 0 Å². The highest BCUT2D eigenvalue weighted by molar-refractivity contribution is 5.99. The van der Waals surface area contributed by atoms with Crippen molar-refractivity contribution in [2.24, 2.45) is 0 Å². The smallest absolute Gasteiger partial charge is 0.161 e. The zero-order valence-corrected chi connectivity index (χ0v) is 11.8. The number of ketones is 1. The van der Waals surface area contributed by atoms with Crippen LogP contribution in [0.2, 0.25) is 0 Å². The molecule has 0 saturated carbocycles. The molecule has 0 spiro atoms. The third kappa shape index (κ3) is 2.89. The van der Waals surface area contributed by atoms with E-state index < -0.39 is 0 Å². The first-order chi connectivity index (χ1) is 9.02. The number of benzene rings is 1. The van der Waals surface area contributed by atoms with E-state index in [1.54, 1.807) is 0 Å². The van der Waals surface area contributed by atoms with E-state index in [0.29, 0.717) is 17.3 Å². The highest BCUT2D eigenvalue weighted by Crippen LogP contribution is 2.27. The van der Waals surface area contributed by atoms with E-state index in [0.717, 1.165) is 25.3 Å². The summed E-state index contributed by atoms with van der Waals surface area (Å²) in [6, 6.07) is 6.07. The zero-order valence-electron chi connectivity index (χ0n) is 11.8. The average Bonchev–Trinajstić information content (AvgIpc) is 2.38. The Labute approximate surface area is 114 Å². The Morgan fingerprint density at radius 1 is 1.53 bits per heavy atom. The van der Waals surface area contributed by atoms with Crippen LogP contribution in [0.5, 0.6) is 0 Å². The molecule has 0 amide bonds. The summed E-state index contributed by atoms with van der Waals surface area (Å²) < 4.78 is 5.70. The summed E-state index contributed by atoms with van der Waals surface area (Å²) in [6.45, 7) is 7.37. The molecule has 1 aliphatic rings. The fraction of sp³-hybridized carbons (Fsp3) is 0.533. The number of hydrogen-bond donors (Lipinski definition) is 1. The van der Waals surface area contributed by atoms with Crippen LogP contribution in [0.1, 0.15) is 37.6 Å². The van der Waals surface area contributed by atoms with Gasteiger partial charge in [0, 0.05) is 23.5 Å². The van der Waals surface area contributed by atoms with E-state index in [1.165, 1.54) is 6.92 Å². The Kier molecular flexibility index (Phi) is 4.10. The number of ether oxygens (including phenoxy) is 1. The van der Waals surface area contributed by atoms with Crippen LogP contribution in [-0.4, -0.2) is 31.1 Å². The number of carbonyl (C=O) groups is 1. The van der Waals surface area contributed by atoms with E-state index in [2.05, 4.69) is 18.7 Å². The first kappa shape index (κ1) is 13.9. The molecule has 0 radical (unpaired) electrons. The predicted octanol–water partition coefficient (Wildman–Crippen LogP) is 2.48. The van der Waals surface area contributed by atoms with Gasteiger partial charge in [-0.1, -0.05) is 6.92 Å². The number of nitrogens with two attached hydrogens (primary N) is 1. The molecule has 2 unspecified atom stereocenters. The van der Waals surface area contributed by atoms with Gasteiger partial charge in [0.25, 0.3) is 0 Å². The maximum atomic E-state index is 11.4. The maximum absolute atomic E-state index is 11.4. The molecule has 1 fully saturated rings. The van der Waals surface area contributed by atoms with Crippen molar-refractivity contribution in [3.8, 4) is 0 Å². The highest BCUT2D eigenvalue weighted by Gasteiger charge is 2.26. The molecule has 1 saturated heterocycles. The second kappa shape index (κ2) is 5.61. The van der Waals surface area contributed by atoms with E-state index in [9.17, 15) is 4.79 Å². The van der Waals surface area contributed by atoms with Crippen LogP contribution >= 0.6 is 0 Å². The Bertz CT molecular complexity index is 473. The van der Waals surface area contributed by atoms with Gasteiger partial charge in [0.05, 0.1) is 18.8 Å². The Balaban J connectivity index is 2.29. The lowest BCUT2D eigenvalue weighted by Crippen LogP contribution is -2.48. The first-order valence-corrected chi connectivity index (χ1v) is 6.81. The van der Waals surface area contributed by atoms with Crippen LogP contribution in [0.3, 0.4) is 0 Å². The fourth-order valence-corrected chi connectivity index (χ4v) is 2.55. The number of hydrogen-bond acceptors (Lipinski definition) is 4. The molecule has 1 aliphatic heterocycles. The molecule has 104 valence electrons. The standard InChI is InChI=1S/C15H22N2O2/c1-4-12-9-19-10(2)8-17(12)13-5-6-14(11(3)18)15(16)7-13/h5-7,10,12H,4,8-9,16H2,1-3H3. The number of carbonyl (C=O) groups excluding carboxylic acids is 1. The van der Waals surface area contributed by atoms with Crippen LogP contribution in [0.15, 0.2) is 18.2 Å². The second-order valence-corrected chi connectivity index (χ2v) is 5.19. The minimum Gasteiger partial charge on any atom is -0.398 e. The molecule has 0 bridgehead atoms. The molecule has 1 heterocycles. The minimum absolute atomic E-state index is 0.00596. The molecule has 4 heteroatoms. The summed E-state index contributed by atoms with van der Waals surface area (Å²) in [7, 11) is 0. The lowest BCUT2D eigenvalue weighted by atomic mass is 10.1. The summed E-state index contributed by atoms with van der Waals surface area (Å²) in [5.41, 5.74) is 8.20. The summed E-state index contributed by atoms with van der Waals surface area (Å²) >= 11 is 0. The first-order valence-electron chi connectivity index (χ1n) is 6.81. The molecule has 0 aliphatic carbocycles. The third-order valence-electron chi connectivity index (χ3n) is 3.69. The number of Topliss-reactive ketones (excluding diaryl/α,β-unsaturated/α-hetero) is 1. The van der Waals surface area contributed by atoms with Crippen LogP contribution in [-0.2, 0) is 4.74 Å². The van der Waals surface area contributed by atoms with Crippen LogP contribution < -0.4 is 10.6 Å². The molecule has 2 N–H and O–H groups in total. The van der Waals surface area contributed by atoms with E-state index in [4.69, 9.17) is 10.5 Å². The van der Waals surface area contributed by atoms with Gasteiger partial charge in [-0.25, -0.2) is 0 Å². The van der Waals surface area contributed by atoms with Gasteiger partial charge < -0.3 is 15.4 Å². The fourth-order valence-electron chi connectivity index (χ4n) is 2.55. The van der Waals surface area contributed by atoms with Crippen molar-refractivity contribution in [2.75, 3.05) is 23.8 Å². The SMILES string of the molecule is CCC1COC(C)CN1c1ccc(C(C)=O)c(N)c1. The number of rotatable bonds is 3. The molecule has 1 aromatic rings. The molecular formula is C15H22N2O2. The van der Waals surface area contributed by atoms with Gasteiger partial charge >= 0.3 is 0 Å². The average molecular weight is 262 g/mol. The van der Waals surface area contributed by atoms with Crippen molar-refractivity contribution in [1.29, 1.82) is 0 Å². The van der Waals surface area contributed by atoms with Crippen LogP contribution in [0.4, 0.5) is 11.4 Å². The van der Waals surface area contributed by atoms with Crippen molar-refractivity contribution in [3.63, 3.8) is 0 Å². The van der Waals surface area contributed by atoms with Gasteiger partial charge in [0.2, 0.25) is 0 Å². The summed E-state index contributed by atoms with van der Waals surface area (Å²) in [5.74, 6) is 0.00596. The van der Waals surface area contributed by atoms with Crippen molar-refractivity contribution in [3.05, 3.63) is 23.8 Å². The monoisotopic (exact) mass is 262 g/mol. The highest BCUT2D eigenvalue weighted by atomic mass is 16.5. The van der Waals surface area contributed by atoms with Crippen LogP contribution in [0, 0.1) is 0 Å². The summed E-state index contributed by atoms with van der Waals surface area (Å²) in [6.07, 6.45) is 1.25. The lowest BCUT2D eigenvalue weighted by Gasteiger charge is -2.40. The van der Waals surface area contributed by atoms with Gasteiger partial charge in [0.15, 0.2) is 5.78 Å². The lowest BCUT2D eigenvalue weighted by molar-refractivity contribution is 0.0299. The topological polar surface area (TPSA) is 55.6 Å². The third-order valence-corrected chi connectivity index (χ3v) is 3.69. The number of nitrogens with zero attached hydrogens (tertiary/aromatic N) is 1. The van der Waals surface area contributed by atoms with Crippen molar-refractivity contribution in [2.45, 2.75) is 39.3 Å².